The summed E-state index contributed by atoms with van der Waals surface area (Å²) >= 11 is 6.26. The average molecular weight is 597 g/mol. The van der Waals surface area contributed by atoms with Gasteiger partial charge in [-0.25, -0.2) is 21.6 Å². The van der Waals surface area contributed by atoms with Gasteiger partial charge in [-0.05, 0) is 68.6 Å². The molecule has 214 valence electrons. The number of halogens is 4. The van der Waals surface area contributed by atoms with E-state index in [9.17, 15) is 36.3 Å². The monoisotopic (exact) mass is 596 g/mol. The fourth-order valence-electron chi connectivity index (χ4n) is 6.23. The largest absolute Gasteiger partial charge is 0.387 e. The van der Waals surface area contributed by atoms with Crippen molar-refractivity contribution in [2.24, 2.45) is 17.8 Å². The van der Waals surface area contributed by atoms with Crippen molar-refractivity contribution >= 4 is 38.9 Å². The molecule has 2 atom stereocenters. The summed E-state index contributed by atoms with van der Waals surface area (Å²) in [6.45, 7) is 0.0609. The molecule has 2 saturated carbocycles. The SMILES string of the molecule is O=C(Nc1cc(F)c(F)c(F)c1)c1ccc(Cl)c(S(=O)(=O)C2CC3CCC(C2)C3(O)CNC(=O)C2CC=CC2)c1. The summed E-state index contributed by atoms with van der Waals surface area (Å²) in [6, 6.07) is 4.82. The van der Waals surface area contributed by atoms with Crippen molar-refractivity contribution in [2.75, 3.05) is 11.9 Å². The maximum Gasteiger partial charge on any atom is 0.255 e. The number of carbonyl (C=O) groups is 2. The molecule has 2 amide bonds. The van der Waals surface area contributed by atoms with E-state index in [2.05, 4.69) is 10.6 Å². The molecule has 0 aromatic heterocycles. The highest BCUT2D eigenvalue weighted by Gasteiger charge is 2.55. The summed E-state index contributed by atoms with van der Waals surface area (Å²) in [7, 11) is -4.05. The van der Waals surface area contributed by atoms with Crippen molar-refractivity contribution in [1.29, 1.82) is 0 Å². The zero-order valence-corrected chi connectivity index (χ0v) is 22.9. The number of allylic oxidation sites excluding steroid dienone is 2. The van der Waals surface area contributed by atoms with E-state index in [-0.39, 0.29) is 64.2 Å². The first-order valence-electron chi connectivity index (χ1n) is 13.0. The molecule has 2 bridgehead atoms. The molecule has 2 aromatic rings. The zero-order valence-electron chi connectivity index (χ0n) is 21.3. The van der Waals surface area contributed by atoms with Crippen LogP contribution in [0.1, 0.15) is 48.9 Å². The summed E-state index contributed by atoms with van der Waals surface area (Å²) < 4.78 is 67.8. The molecule has 2 fully saturated rings. The number of hydrogen-bond donors (Lipinski definition) is 3. The van der Waals surface area contributed by atoms with Gasteiger partial charge in [0.25, 0.3) is 5.91 Å². The van der Waals surface area contributed by atoms with Crippen LogP contribution in [-0.2, 0) is 14.6 Å². The molecule has 3 N–H and O–H groups in total. The quantitative estimate of drug-likeness (QED) is 0.314. The highest BCUT2D eigenvalue weighted by molar-refractivity contribution is 7.92. The van der Waals surface area contributed by atoms with Crippen LogP contribution in [0.15, 0.2) is 47.4 Å². The van der Waals surface area contributed by atoms with E-state index in [1.165, 1.54) is 12.1 Å². The minimum Gasteiger partial charge on any atom is -0.387 e. The van der Waals surface area contributed by atoms with Gasteiger partial charge < -0.3 is 15.7 Å². The van der Waals surface area contributed by atoms with Gasteiger partial charge in [-0.1, -0.05) is 23.8 Å². The highest BCUT2D eigenvalue weighted by Crippen LogP contribution is 2.52. The summed E-state index contributed by atoms with van der Waals surface area (Å²) in [5.41, 5.74) is -1.69. The topological polar surface area (TPSA) is 113 Å². The van der Waals surface area contributed by atoms with Crippen molar-refractivity contribution < 1.29 is 36.3 Å². The Bertz CT molecular complexity index is 1450. The second-order valence-corrected chi connectivity index (χ2v) is 13.4. The van der Waals surface area contributed by atoms with E-state index in [1.807, 2.05) is 12.2 Å². The fourth-order valence-corrected chi connectivity index (χ4v) is 8.63. The summed E-state index contributed by atoms with van der Waals surface area (Å²) in [4.78, 5) is 25.0. The molecular weight excluding hydrogens is 569 g/mol. The maximum absolute atomic E-state index is 13.7. The second kappa shape index (κ2) is 10.8. The van der Waals surface area contributed by atoms with E-state index in [4.69, 9.17) is 11.6 Å². The van der Waals surface area contributed by atoms with Crippen LogP contribution in [-0.4, -0.2) is 42.7 Å². The molecule has 7 nitrogen and oxygen atoms in total. The maximum atomic E-state index is 13.7. The summed E-state index contributed by atoms with van der Waals surface area (Å²) in [6.07, 6.45) is 6.79. The standard InChI is InChI=1S/C28H28ClF3N2O5S/c29-21-8-5-16(27(36)34-19-12-22(30)25(32)23(31)13-19)9-24(21)40(38,39)20-10-17-6-7-18(11-20)28(17,37)14-33-26(35)15-3-1-2-4-15/h1-2,5,8-9,12-13,15,17-18,20,37H,3-4,6-7,10-11,14H2,(H,33,35)(H,34,36). The molecule has 3 aliphatic carbocycles. The Morgan fingerprint density at radius 3 is 2.20 bits per heavy atom. The van der Waals surface area contributed by atoms with Crippen molar-refractivity contribution in [3.05, 3.63) is 70.5 Å². The fraction of sp³-hybridized carbons (Fsp3) is 0.429. The Hall–Kier alpha value is -2.89. The van der Waals surface area contributed by atoms with Gasteiger partial charge in [-0.15, -0.1) is 0 Å². The Balaban J connectivity index is 1.31. The van der Waals surface area contributed by atoms with E-state index < -0.39 is 44.0 Å². The molecule has 5 rings (SSSR count). The van der Waals surface area contributed by atoms with Crippen LogP contribution in [0, 0.1) is 35.2 Å². The molecule has 2 unspecified atom stereocenters. The average Bonchev–Trinajstić information content (AvgIpc) is 3.48. The Kier molecular flexibility index (Phi) is 7.75. The van der Waals surface area contributed by atoms with Gasteiger partial charge in [0.1, 0.15) is 0 Å². The van der Waals surface area contributed by atoms with E-state index >= 15 is 0 Å². The first kappa shape index (κ1) is 28.6. The molecule has 0 radical (unpaired) electrons. The number of benzene rings is 2. The lowest BCUT2D eigenvalue weighted by atomic mass is 9.74. The van der Waals surface area contributed by atoms with Gasteiger partial charge in [-0.3, -0.25) is 9.59 Å². The minimum atomic E-state index is -4.05. The van der Waals surface area contributed by atoms with Crippen molar-refractivity contribution in [2.45, 2.75) is 54.3 Å². The first-order valence-corrected chi connectivity index (χ1v) is 15.0. The molecule has 0 heterocycles. The first-order chi connectivity index (χ1) is 18.9. The van der Waals surface area contributed by atoms with E-state index in [0.29, 0.717) is 37.8 Å². The number of amides is 2. The van der Waals surface area contributed by atoms with Crippen LogP contribution < -0.4 is 10.6 Å². The molecule has 12 heteroatoms. The van der Waals surface area contributed by atoms with Gasteiger partial charge in [0.15, 0.2) is 27.3 Å². The molecule has 2 aromatic carbocycles. The molecular formula is C28H28ClF3N2O5S. The minimum absolute atomic E-state index is 0.0609. The third-order valence-corrected chi connectivity index (χ3v) is 11.1. The number of nitrogens with one attached hydrogen (secondary N) is 2. The van der Waals surface area contributed by atoms with Gasteiger partial charge in [0, 0.05) is 35.8 Å². The predicted molar refractivity (Wildman–Crippen MR) is 142 cm³/mol. The van der Waals surface area contributed by atoms with Crippen LogP contribution in [0.3, 0.4) is 0 Å². The lowest BCUT2D eigenvalue weighted by Gasteiger charge is -2.42. The third-order valence-electron chi connectivity index (χ3n) is 8.48. The number of fused-ring (bicyclic) bond motifs is 2. The third kappa shape index (κ3) is 5.26. The lowest BCUT2D eigenvalue weighted by Crippen LogP contribution is -2.55. The van der Waals surface area contributed by atoms with Gasteiger partial charge in [0.2, 0.25) is 5.91 Å². The molecule has 3 aliphatic rings. The Morgan fingerprint density at radius 2 is 1.60 bits per heavy atom. The molecule has 0 saturated heterocycles. The van der Waals surface area contributed by atoms with Crippen LogP contribution in [0.5, 0.6) is 0 Å². The predicted octanol–water partition coefficient (Wildman–Crippen LogP) is 4.79. The van der Waals surface area contributed by atoms with Crippen LogP contribution in [0.2, 0.25) is 5.02 Å². The van der Waals surface area contributed by atoms with E-state index in [0.717, 1.165) is 6.07 Å². The molecule has 0 spiro atoms. The number of sulfone groups is 1. The smallest absolute Gasteiger partial charge is 0.255 e. The molecule has 0 aliphatic heterocycles. The van der Waals surface area contributed by atoms with Gasteiger partial charge in [-0.2, -0.15) is 0 Å². The number of rotatable bonds is 7. The second-order valence-electron chi connectivity index (χ2n) is 10.8. The van der Waals surface area contributed by atoms with E-state index in [1.54, 1.807) is 0 Å². The van der Waals surface area contributed by atoms with Crippen molar-refractivity contribution in [3.8, 4) is 0 Å². The number of anilines is 1. The van der Waals surface area contributed by atoms with Crippen LogP contribution >= 0.6 is 11.6 Å². The molecule has 40 heavy (non-hydrogen) atoms. The zero-order chi connectivity index (χ0) is 28.8. The number of carbonyl (C=O) groups excluding carboxylic acids is 2. The van der Waals surface area contributed by atoms with Crippen LogP contribution in [0.4, 0.5) is 18.9 Å². The lowest BCUT2D eigenvalue weighted by molar-refractivity contribution is -0.127. The Labute approximate surface area is 234 Å². The summed E-state index contributed by atoms with van der Waals surface area (Å²) in [5, 5.41) is 15.6. The number of aliphatic hydroxyl groups is 1. The van der Waals surface area contributed by atoms with Gasteiger partial charge in [0.05, 0.1) is 20.8 Å². The van der Waals surface area contributed by atoms with Crippen LogP contribution in [0.25, 0.3) is 0 Å². The summed E-state index contributed by atoms with van der Waals surface area (Å²) in [5.74, 6) is -6.49. The number of hydrogen-bond acceptors (Lipinski definition) is 5. The van der Waals surface area contributed by atoms with Crippen molar-refractivity contribution in [1.82, 2.24) is 5.32 Å². The normalized spacial score (nSPS) is 26.2. The van der Waals surface area contributed by atoms with Gasteiger partial charge >= 0.3 is 0 Å². The highest BCUT2D eigenvalue weighted by atomic mass is 35.5. The Morgan fingerprint density at radius 1 is 1.00 bits per heavy atom. The van der Waals surface area contributed by atoms with Crippen molar-refractivity contribution in [3.63, 3.8) is 0 Å².